The Morgan fingerprint density at radius 1 is 1.58 bits per heavy atom. The molecule has 19 heavy (non-hydrogen) atoms. The number of benzene rings is 1. The molecule has 2 N–H and O–H groups in total. The molecule has 2 heterocycles. The number of anilines is 1. The molecule has 6 heteroatoms. The van der Waals surface area contributed by atoms with E-state index in [1.807, 2.05) is 19.0 Å². The van der Waals surface area contributed by atoms with Gasteiger partial charge in [-0.05, 0) is 32.3 Å². The highest BCUT2D eigenvalue weighted by Gasteiger charge is 2.31. The van der Waals surface area contributed by atoms with E-state index in [2.05, 4.69) is 16.0 Å². The van der Waals surface area contributed by atoms with Crippen molar-refractivity contribution in [3.8, 4) is 0 Å². The van der Waals surface area contributed by atoms with Gasteiger partial charge in [0.25, 0.3) is 11.9 Å². The maximum Gasteiger partial charge on any atom is 0.298 e. The number of rotatable bonds is 3. The van der Waals surface area contributed by atoms with Crippen molar-refractivity contribution < 1.29 is 9.21 Å². The van der Waals surface area contributed by atoms with Crippen molar-refractivity contribution in [2.45, 2.75) is 6.04 Å². The Hall–Kier alpha value is -2.08. The van der Waals surface area contributed by atoms with E-state index in [-0.39, 0.29) is 5.56 Å². The molecule has 0 unspecified atom stereocenters. The molecule has 1 radical (unpaired) electrons. The van der Waals surface area contributed by atoms with Crippen molar-refractivity contribution in [3.63, 3.8) is 0 Å². The molecule has 1 aromatic carbocycles. The van der Waals surface area contributed by atoms with Gasteiger partial charge in [-0.3, -0.25) is 4.79 Å². The molecule has 0 aliphatic carbocycles. The monoisotopic (exact) mass is 259 g/mol. The number of fused-ring (bicyclic) bond motifs is 1. The van der Waals surface area contributed by atoms with Gasteiger partial charge in [0.1, 0.15) is 5.52 Å². The van der Waals surface area contributed by atoms with Crippen LogP contribution in [0.25, 0.3) is 11.1 Å². The van der Waals surface area contributed by atoms with Crippen LogP contribution in [0.3, 0.4) is 0 Å². The molecule has 0 bridgehead atoms. The van der Waals surface area contributed by atoms with Gasteiger partial charge in [0.2, 0.25) is 0 Å². The predicted octanol–water partition coefficient (Wildman–Crippen LogP) is 0.477. The highest BCUT2D eigenvalue weighted by molar-refractivity contribution is 6.03. The first-order chi connectivity index (χ1) is 9.06. The lowest BCUT2D eigenvalue weighted by Gasteiger charge is -2.41. The summed E-state index contributed by atoms with van der Waals surface area (Å²) in [6, 6.07) is 7.21. The van der Waals surface area contributed by atoms with Gasteiger partial charge in [-0.2, -0.15) is 4.98 Å². The van der Waals surface area contributed by atoms with E-state index in [0.29, 0.717) is 23.2 Å². The van der Waals surface area contributed by atoms with Crippen molar-refractivity contribution in [1.29, 1.82) is 0 Å². The summed E-state index contributed by atoms with van der Waals surface area (Å²) in [6.07, 6.45) is 0. The molecule has 99 valence electrons. The van der Waals surface area contributed by atoms with Crippen LogP contribution in [0.15, 0.2) is 16.5 Å². The van der Waals surface area contributed by atoms with Crippen LogP contribution in [0.2, 0.25) is 0 Å². The molecule has 1 aliphatic heterocycles. The lowest BCUT2D eigenvalue weighted by molar-refractivity contribution is 0.100. The van der Waals surface area contributed by atoms with Gasteiger partial charge in [0.15, 0.2) is 5.58 Å². The summed E-state index contributed by atoms with van der Waals surface area (Å²) < 4.78 is 5.66. The SMILES string of the molecule is CN(C)C1CN(c2nc3c(C(N)=O)[c]ccc3o2)C1. The van der Waals surface area contributed by atoms with E-state index in [9.17, 15) is 4.79 Å². The number of amides is 1. The Labute approximate surface area is 110 Å². The average molecular weight is 259 g/mol. The highest BCUT2D eigenvalue weighted by Crippen LogP contribution is 2.27. The molecule has 6 nitrogen and oxygen atoms in total. The molecular weight excluding hydrogens is 244 g/mol. The molecule has 2 aromatic rings. The summed E-state index contributed by atoms with van der Waals surface area (Å²) in [6.45, 7) is 1.74. The van der Waals surface area contributed by atoms with Gasteiger partial charge in [0, 0.05) is 19.1 Å². The second-order valence-corrected chi connectivity index (χ2v) is 4.95. The Balaban J connectivity index is 1.91. The summed E-state index contributed by atoms with van der Waals surface area (Å²) in [4.78, 5) is 19.9. The van der Waals surface area contributed by atoms with Crippen molar-refractivity contribution in [2.24, 2.45) is 5.73 Å². The minimum atomic E-state index is -0.541. The van der Waals surface area contributed by atoms with E-state index in [4.69, 9.17) is 10.2 Å². The third-order valence-corrected chi connectivity index (χ3v) is 3.45. The fourth-order valence-corrected chi connectivity index (χ4v) is 2.14. The first kappa shape index (κ1) is 12.0. The zero-order chi connectivity index (χ0) is 13.6. The standard InChI is InChI=1S/C13H15N4O2/c1-16(2)8-6-17(7-8)13-15-11-9(12(14)18)4-3-5-10(11)19-13/h3,5,8H,6-7H2,1-2H3,(H2,14,18). The van der Waals surface area contributed by atoms with Crippen LogP contribution < -0.4 is 10.6 Å². The molecule has 1 saturated heterocycles. The number of primary amides is 1. The summed E-state index contributed by atoms with van der Waals surface area (Å²) in [5, 5.41) is 0. The topological polar surface area (TPSA) is 75.6 Å². The lowest BCUT2D eigenvalue weighted by Crippen LogP contribution is -2.57. The predicted molar refractivity (Wildman–Crippen MR) is 71.1 cm³/mol. The number of nitrogens with zero attached hydrogens (tertiary/aromatic N) is 3. The van der Waals surface area contributed by atoms with Gasteiger partial charge in [0.05, 0.1) is 5.56 Å². The quantitative estimate of drug-likeness (QED) is 0.867. The second-order valence-electron chi connectivity index (χ2n) is 4.95. The van der Waals surface area contributed by atoms with E-state index >= 15 is 0 Å². The molecule has 0 spiro atoms. The van der Waals surface area contributed by atoms with Crippen LogP contribution in [0.1, 0.15) is 10.4 Å². The summed E-state index contributed by atoms with van der Waals surface area (Å²) in [5.41, 5.74) is 6.63. The summed E-state index contributed by atoms with van der Waals surface area (Å²) >= 11 is 0. The van der Waals surface area contributed by atoms with Crippen molar-refractivity contribution in [1.82, 2.24) is 9.88 Å². The number of carbonyl (C=O) groups is 1. The Kier molecular flexibility index (Phi) is 2.67. The zero-order valence-electron chi connectivity index (χ0n) is 10.9. The van der Waals surface area contributed by atoms with Crippen LogP contribution in [0.5, 0.6) is 0 Å². The Morgan fingerprint density at radius 2 is 2.32 bits per heavy atom. The van der Waals surface area contributed by atoms with Crippen LogP contribution in [0.4, 0.5) is 6.01 Å². The number of hydrogen-bond acceptors (Lipinski definition) is 5. The molecule has 3 rings (SSSR count). The molecule has 1 fully saturated rings. The van der Waals surface area contributed by atoms with Crippen LogP contribution in [0, 0.1) is 6.07 Å². The second kappa shape index (κ2) is 4.24. The summed E-state index contributed by atoms with van der Waals surface area (Å²) in [5.74, 6) is -0.541. The number of hydrogen-bond donors (Lipinski definition) is 1. The van der Waals surface area contributed by atoms with Gasteiger partial charge < -0.3 is 20.0 Å². The molecule has 1 aromatic heterocycles. The van der Waals surface area contributed by atoms with E-state index in [1.165, 1.54) is 0 Å². The van der Waals surface area contributed by atoms with E-state index in [0.717, 1.165) is 13.1 Å². The van der Waals surface area contributed by atoms with Gasteiger partial charge in [-0.15, -0.1) is 0 Å². The Morgan fingerprint density at radius 3 is 2.95 bits per heavy atom. The first-order valence-electron chi connectivity index (χ1n) is 6.08. The largest absolute Gasteiger partial charge is 0.423 e. The number of likely N-dealkylation sites (N-methyl/N-ethyl adjacent to an activating group) is 1. The van der Waals surface area contributed by atoms with Crippen LogP contribution in [-0.2, 0) is 0 Å². The van der Waals surface area contributed by atoms with E-state index < -0.39 is 5.91 Å². The van der Waals surface area contributed by atoms with Gasteiger partial charge in [-0.1, -0.05) is 0 Å². The third-order valence-electron chi connectivity index (χ3n) is 3.45. The zero-order valence-corrected chi connectivity index (χ0v) is 10.9. The number of nitrogens with two attached hydrogens (primary N) is 1. The average Bonchev–Trinajstić information content (AvgIpc) is 2.68. The smallest absolute Gasteiger partial charge is 0.298 e. The van der Waals surface area contributed by atoms with Crippen molar-refractivity contribution in [2.75, 3.05) is 32.1 Å². The third kappa shape index (κ3) is 1.94. The Bertz CT molecular complexity index is 629. The van der Waals surface area contributed by atoms with Crippen molar-refractivity contribution >= 4 is 23.0 Å². The molecule has 1 aliphatic rings. The highest BCUT2D eigenvalue weighted by atomic mass is 16.4. The fourth-order valence-electron chi connectivity index (χ4n) is 2.14. The van der Waals surface area contributed by atoms with Gasteiger partial charge in [-0.25, -0.2) is 0 Å². The number of oxazole rings is 1. The van der Waals surface area contributed by atoms with Crippen LogP contribution in [-0.4, -0.2) is 49.0 Å². The first-order valence-corrected chi connectivity index (χ1v) is 6.08. The molecule has 0 saturated carbocycles. The normalized spacial score (nSPS) is 16.1. The minimum absolute atomic E-state index is 0.275. The van der Waals surface area contributed by atoms with Gasteiger partial charge >= 0.3 is 0 Å². The molecule has 1 amide bonds. The number of aromatic nitrogens is 1. The van der Waals surface area contributed by atoms with Crippen LogP contribution >= 0.6 is 0 Å². The van der Waals surface area contributed by atoms with Crippen molar-refractivity contribution in [3.05, 3.63) is 23.8 Å². The maximum atomic E-state index is 11.3. The minimum Gasteiger partial charge on any atom is -0.423 e. The summed E-state index contributed by atoms with van der Waals surface area (Å²) in [7, 11) is 4.10. The maximum absolute atomic E-state index is 11.3. The lowest BCUT2D eigenvalue weighted by atomic mass is 10.1. The molecule has 0 atom stereocenters. The fraction of sp³-hybridized carbons (Fsp3) is 0.385. The van der Waals surface area contributed by atoms with E-state index in [1.54, 1.807) is 12.1 Å². The number of carbonyl (C=O) groups excluding carboxylic acids is 1. The molecular formula is C13H15N4O2.